The number of benzene rings is 2. The van der Waals surface area contributed by atoms with Gasteiger partial charge in [-0.05, 0) is 35.9 Å². The maximum Gasteiger partial charge on any atom is 0.141 e. The van der Waals surface area contributed by atoms with Crippen LogP contribution in [0.3, 0.4) is 0 Å². The van der Waals surface area contributed by atoms with Crippen molar-refractivity contribution in [3.63, 3.8) is 0 Å². The van der Waals surface area contributed by atoms with E-state index in [0.717, 1.165) is 11.3 Å². The second-order valence-corrected chi connectivity index (χ2v) is 4.87. The third kappa shape index (κ3) is 3.46. The van der Waals surface area contributed by atoms with Crippen LogP contribution in [0, 0.1) is 0 Å². The molecule has 0 bridgehead atoms. The summed E-state index contributed by atoms with van der Waals surface area (Å²) in [6, 6.07) is 11.1. The highest BCUT2D eigenvalue weighted by Crippen LogP contribution is 2.26. The van der Waals surface area contributed by atoms with Gasteiger partial charge in [-0.3, -0.25) is 0 Å². The normalized spacial score (nSPS) is 10.3. The van der Waals surface area contributed by atoms with Crippen molar-refractivity contribution in [2.24, 2.45) is 0 Å². The van der Waals surface area contributed by atoms with Crippen molar-refractivity contribution < 1.29 is 4.74 Å². The van der Waals surface area contributed by atoms with E-state index in [4.69, 9.17) is 33.7 Å². The summed E-state index contributed by atoms with van der Waals surface area (Å²) in [5, 5.41) is 4.37. The molecular weight excluding hydrogens is 283 g/mol. The van der Waals surface area contributed by atoms with Crippen molar-refractivity contribution in [1.82, 2.24) is 0 Å². The Bertz CT molecular complexity index is 588. The van der Waals surface area contributed by atoms with Gasteiger partial charge in [0.25, 0.3) is 0 Å². The number of rotatable bonds is 4. The third-order valence-corrected chi connectivity index (χ3v) is 3.45. The van der Waals surface area contributed by atoms with Crippen molar-refractivity contribution in [3.05, 3.63) is 52.0 Å². The van der Waals surface area contributed by atoms with Crippen LogP contribution in [-0.4, -0.2) is 7.11 Å². The highest BCUT2D eigenvalue weighted by atomic mass is 35.5. The molecule has 5 heteroatoms. The molecule has 19 heavy (non-hydrogen) atoms. The molecule has 100 valence electrons. The Balaban J connectivity index is 2.05. The zero-order valence-electron chi connectivity index (χ0n) is 10.4. The smallest absolute Gasteiger partial charge is 0.141 e. The third-order valence-electron chi connectivity index (χ3n) is 2.71. The molecule has 0 heterocycles. The molecule has 2 aromatic rings. The van der Waals surface area contributed by atoms with E-state index in [9.17, 15) is 0 Å². The zero-order chi connectivity index (χ0) is 13.8. The van der Waals surface area contributed by atoms with Crippen molar-refractivity contribution in [3.8, 4) is 5.75 Å². The Hall–Kier alpha value is -1.58. The average Bonchev–Trinajstić information content (AvgIpc) is 2.40. The van der Waals surface area contributed by atoms with Crippen molar-refractivity contribution in [2.45, 2.75) is 6.54 Å². The van der Waals surface area contributed by atoms with Crippen molar-refractivity contribution >= 4 is 34.6 Å². The van der Waals surface area contributed by atoms with Gasteiger partial charge >= 0.3 is 0 Å². The molecule has 0 atom stereocenters. The Kier molecular flexibility index (Phi) is 4.40. The number of nitrogen functional groups attached to an aromatic ring is 1. The fraction of sp³-hybridized carbons (Fsp3) is 0.143. The molecule has 0 saturated heterocycles. The minimum absolute atomic E-state index is 0.551. The number of nitrogens with two attached hydrogens (primary N) is 1. The molecule has 0 fully saturated rings. The molecule has 0 saturated carbocycles. The number of ether oxygens (including phenoxy) is 1. The van der Waals surface area contributed by atoms with Crippen molar-refractivity contribution in [2.75, 3.05) is 18.2 Å². The highest BCUT2D eigenvalue weighted by molar-refractivity contribution is 6.42. The lowest BCUT2D eigenvalue weighted by Gasteiger charge is -2.10. The molecule has 3 nitrogen and oxygen atoms in total. The maximum atomic E-state index is 5.96. The zero-order valence-corrected chi connectivity index (χ0v) is 11.9. The standard InChI is InChI=1S/C14H14Cl2N2O/c1-19-14-5-3-10(7-13(14)17)18-8-9-2-4-11(15)12(16)6-9/h2-7,18H,8,17H2,1H3. The van der Waals surface area contributed by atoms with E-state index in [-0.39, 0.29) is 0 Å². The monoisotopic (exact) mass is 296 g/mol. The molecule has 0 spiro atoms. The van der Waals surface area contributed by atoms with Gasteiger partial charge in [-0.2, -0.15) is 0 Å². The molecule has 0 aliphatic carbocycles. The summed E-state index contributed by atoms with van der Waals surface area (Å²) < 4.78 is 5.11. The van der Waals surface area contributed by atoms with E-state index in [1.54, 1.807) is 13.2 Å². The first-order chi connectivity index (χ1) is 9.10. The minimum Gasteiger partial charge on any atom is -0.495 e. The van der Waals surface area contributed by atoms with E-state index in [2.05, 4.69) is 5.32 Å². The summed E-state index contributed by atoms with van der Waals surface area (Å²) in [6.45, 7) is 0.642. The van der Waals surface area contributed by atoms with Gasteiger partial charge in [0, 0.05) is 12.2 Å². The Morgan fingerprint density at radius 1 is 1.11 bits per heavy atom. The molecule has 3 N–H and O–H groups in total. The predicted molar refractivity (Wildman–Crippen MR) is 81.2 cm³/mol. The fourth-order valence-electron chi connectivity index (χ4n) is 1.70. The van der Waals surface area contributed by atoms with Crippen molar-refractivity contribution in [1.29, 1.82) is 0 Å². The topological polar surface area (TPSA) is 47.3 Å². The van der Waals surface area contributed by atoms with Crippen LogP contribution in [0.1, 0.15) is 5.56 Å². The summed E-state index contributed by atoms with van der Waals surface area (Å²) >= 11 is 11.8. The van der Waals surface area contributed by atoms with Gasteiger partial charge in [-0.25, -0.2) is 0 Å². The summed E-state index contributed by atoms with van der Waals surface area (Å²) in [5.74, 6) is 0.667. The van der Waals surface area contributed by atoms with Gasteiger partial charge < -0.3 is 15.8 Å². The van der Waals surface area contributed by atoms with Gasteiger partial charge in [0.05, 0.1) is 22.8 Å². The van der Waals surface area contributed by atoms with E-state index in [0.29, 0.717) is 28.0 Å². The fourth-order valence-corrected chi connectivity index (χ4v) is 2.02. The second-order valence-electron chi connectivity index (χ2n) is 4.06. The number of anilines is 2. The van der Waals surface area contributed by atoms with Crippen LogP contribution in [0.4, 0.5) is 11.4 Å². The molecule has 2 aromatic carbocycles. The van der Waals surface area contributed by atoms with E-state index in [1.807, 2.05) is 30.3 Å². The van der Waals surface area contributed by atoms with Crippen LogP contribution in [0.15, 0.2) is 36.4 Å². The quantitative estimate of drug-likeness (QED) is 0.832. The number of methoxy groups -OCH3 is 1. The predicted octanol–water partition coefficient (Wildman–Crippen LogP) is 4.20. The molecule has 0 amide bonds. The van der Waals surface area contributed by atoms with E-state index in [1.165, 1.54) is 0 Å². The van der Waals surface area contributed by atoms with Gasteiger partial charge in [-0.1, -0.05) is 29.3 Å². The highest BCUT2D eigenvalue weighted by Gasteiger charge is 2.02. The molecule has 0 aliphatic heterocycles. The second kappa shape index (κ2) is 6.04. The Morgan fingerprint density at radius 2 is 1.89 bits per heavy atom. The number of hydrogen-bond acceptors (Lipinski definition) is 3. The van der Waals surface area contributed by atoms with Gasteiger partial charge in [0.1, 0.15) is 5.75 Å². The first kappa shape index (κ1) is 13.8. The Morgan fingerprint density at radius 3 is 2.53 bits per heavy atom. The number of halogens is 2. The van der Waals surface area contributed by atoms with Crippen LogP contribution in [0.2, 0.25) is 10.0 Å². The van der Waals surface area contributed by atoms with Gasteiger partial charge in [-0.15, -0.1) is 0 Å². The molecule has 2 rings (SSSR count). The summed E-state index contributed by atoms with van der Waals surface area (Å²) in [7, 11) is 1.59. The first-order valence-corrected chi connectivity index (χ1v) is 6.47. The molecule has 0 aliphatic rings. The van der Waals surface area contributed by atoms with Crippen LogP contribution < -0.4 is 15.8 Å². The number of hydrogen-bond donors (Lipinski definition) is 2. The van der Waals surface area contributed by atoms with Gasteiger partial charge in [0.15, 0.2) is 0 Å². The molecule has 0 radical (unpaired) electrons. The molecule has 0 aromatic heterocycles. The summed E-state index contributed by atoms with van der Waals surface area (Å²) in [6.07, 6.45) is 0. The maximum absolute atomic E-state index is 5.96. The Labute approximate surface area is 122 Å². The van der Waals surface area contributed by atoms with Gasteiger partial charge in [0.2, 0.25) is 0 Å². The molecule has 0 unspecified atom stereocenters. The SMILES string of the molecule is COc1ccc(NCc2ccc(Cl)c(Cl)c2)cc1N. The lowest BCUT2D eigenvalue weighted by molar-refractivity contribution is 0.417. The van der Waals surface area contributed by atoms with Crippen LogP contribution >= 0.6 is 23.2 Å². The van der Waals surface area contributed by atoms with Crippen LogP contribution in [0.5, 0.6) is 5.75 Å². The summed E-state index contributed by atoms with van der Waals surface area (Å²) in [4.78, 5) is 0. The first-order valence-electron chi connectivity index (χ1n) is 5.71. The van der Waals surface area contributed by atoms with Crippen LogP contribution in [-0.2, 0) is 6.54 Å². The number of nitrogens with one attached hydrogen (secondary N) is 1. The minimum atomic E-state index is 0.551. The van der Waals surface area contributed by atoms with Crippen LogP contribution in [0.25, 0.3) is 0 Å². The summed E-state index contributed by atoms with van der Waals surface area (Å²) in [5.41, 5.74) is 8.41. The average molecular weight is 297 g/mol. The lowest BCUT2D eigenvalue weighted by Crippen LogP contribution is -2.01. The molecular formula is C14H14Cl2N2O. The van der Waals surface area contributed by atoms with E-state index >= 15 is 0 Å². The largest absolute Gasteiger partial charge is 0.495 e. The lowest BCUT2D eigenvalue weighted by atomic mass is 10.2. The van der Waals surface area contributed by atoms with E-state index < -0.39 is 0 Å².